The number of rotatable bonds is 5. The van der Waals surface area contributed by atoms with Gasteiger partial charge in [0.15, 0.2) is 0 Å². The average molecular weight is 413 g/mol. The van der Waals surface area contributed by atoms with Gasteiger partial charge in [-0.05, 0) is 37.3 Å². The summed E-state index contributed by atoms with van der Waals surface area (Å²) in [5.41, 5.74) is -0.160. The smallest absolute Gasteiger partial charge is 0.254 e. The van der Waals surface area contributed by atoms with Crippen LogP contribution >= 0.6 is 11.6 Å². The van der Waals surface area contributed by atoms with E-state index in [2.05, 4.69) is 5.32 Å². The van der Waals surface area contributed by atoms with E-state index in [0.29, 0.717) is 19.7 Å². The van der Waals surface area contributed by atoms with Crippen molar-refractivity contribution in [3.63, 3.8) is 0 Å². The highest BCUT2D eigenvalue weighted by molar-refractivity contribution is 6.31. The molecule has 4 nitrogen and oxygen atoms in total. The lowest BCUT2D eigenvalue weighted by Gasteiger charge is -2.38. The Bertz CT molecular complexity index is 845. The largest absolute Gasteiger partial charge is 0.376 e. The van der Waals surface area contributed by atoms with Gasteiger partial charge in [0.05, 0.1) is 24.3 Å². The molecule has 3 rings (SSSR count). The topological polar surface area (TPSA) is 41.6 Å². The van der Waals surface area contributed by atoms with Gasteiger partial charge in [-0.3, -0.25) is 9.69 Å². The second-order valence-corrected chi connectivity index (χ2v) is 7.07. The molecule has 150 valence electrons. The molecular formula is C20H20ClF3N2O2. The van der Waals surface area contributed by atoms with Crippen LogP contribution in [0.4, 0.5) is 13.2 Å². The molecule has 0 aliphatic carbocycles. The Balaban J connectivity index is 1.85. The maximum atomic E-state index is 14.6. The first-order chi connectivity index (χ1) is 13.4. The zero-order valence-corrected chi connectivity index (χ0v) is 16.0. The van der Waals surface area contributed by atoms with Crippen molar-refractivity contribution in [2.75, 3.05) is 26.2 Å². The molecule has 8 heteroatoms. The van der Waals surface area contributed by atoms with Gasteiger partial charge < -0.3 is 10.1 Å². The van der Waals surface area contributed by atoms with E-state index in [-0.39, 0.29) is 23.2 Å². The normalized spacial score (nSPS) is 18.7. The minimum absolute atomic E-state index is 0.0256. The van der Waals surface area contributed by atoms with Crippen molar-refractivity contribution >= 4 is 17.5 Å². The first-order valence-electron chi connectivity index (χ1n) is 8.89. The number of carbonyl (C=O) groups excluding carboxylic acids is 1. The van der Waals surface area contributed by atoms with Crippen LogP contribution in [0.1, 0.15) is 28.9 Å². The minimum Gasteiger partial charge on any atom is -0.376 e. The van der Waals surface area contributed by atoms with Gasteiger partial charge in [-0.2, -0.15) is 0 Å². The molecule has 2 aromatic carbocycles. The number of hydrogen-bond acceptors (Lipinski definition) is 3. The lowest BCUT2D eigenvalue weighted by atomic mass is 10.0. The van der Waals surface area contributed by atoms with Crippen molar-refractivity contribution in [1.29, 1.82) is 0 Å². The molecule has 1 heterocycles. The van der Waals surface area contributed by atoms with Gasteiger partial charge in [0.2, 0.25) is 0 Å². The van der Waals surface area contributed by atoms with Crippen LogP contribution in [-0.4, -0.2) is 43.2 Å². The summed E-state index contributed by atoms with van der Waals surface area (Å²) in [6.45, 7) is 3.36. The van der Waals surface area contributed by atoms with Crippen molar-refractivity contribution in [2.24, 2.45) is 0 Å². The van der Waals surface area contributed by atoms with Gasteiger partial charge in [-0.15, -0.1) is 0 Å². The molecule has 0 saturated carbocycles. The maximum absolute atomic E-state index is 14.6. The molecule has 2 atom stereocenters. The van der Waals surface area contributed by atoms with Crippen molar-refractivity contribution in [3.05, 3.63) is 70.0 Å². The second-order valence-electron chi connectivity index (χ2n) is 6.66. The molecule has 1 aliphatic heterocycles. The van der Waals surface area contributed by atoms with E-state index < -0.39 is 35.0 Å². The summed E-state index contributed by atoms with van der Waals surface area (Å²) in [7, 11) is 0. The Labute approximate surface area is 166 Å². The first kappa shape index (κ1) is 20.6. The number of ether oxygens (including phenoxy) is 1. The molecule has 0 unspecified atom stereocenters. The molecule has 1 amide bonds. The molecule has 28 heavy (non-hydrogen) atoms. The van der Waals surface area contributed by atoms with Crippen LogP contribution in [0.3, 0.4) is 0 Å². The molecule has 0 spiro atoms. The summed E-state index contributed by atoms with van der Waals surface area (Å²) in [4.78, 5) is 14.3. The molecular weight excluding hydrogens is 393 g/mol. The maximum Gasteiger partial charge on any atom is 0.254 e. The number of morpholine rings is 1. The Morgan fingerprint density at radius 3 is 2.79 bits per heavy atom. The summed E-state index contributed by atoms with van der Waals surface area (Å²) in [6, 6.07) is 6.44. The summed E-state index contributed by atoms with van der Waals surface area (Å²) in [5.74, 6) is -2.83. The van der Waals surface area contributed by atoms with Crippen molar-refractivity contribution in [1.82, 2.24) is 10.2 Å². The molecule has 1 aliphatic rings. The van der Waals surface area contributed by atoms with Gasteiger partial charge in [0.25, 0.3) is 5.91 Å². The van der Waals surface area contributed by atoms with Crippen molar-refractivity contribution in [2.45, 2.75) is 19.1 Å². The lowest BCUT2D eigenvalue weighted by molar-refractivity contribution is -0.0346. The predicted molar refractivity (Wildman–Crippen MR) is 99.8 cm³/mol. The van der Waals surface area contributed by atoms with Crippen LogP contribution in [0.15, 0.2) is 36.4 Å². The fraction of sp³-hybridized carbons (Fsp3) is 0.350. The van der Waals surface area contributed by atoms with Crippen LogP contribution < -0.4 is 5.32 Å². The Morgan fingerprint density at radius 2 is 2.07 bits per heavy atom. The highest BCUT2D eigenvalue weighted by Crippen LogP contribution is 2.31. The fourth-order valence-corrected chi connectivity index (χ4v) is 3.62. The van der Waals surface area contributed by atoms with E-state index in [9.17, 15) is 18.0 Å². The summed E-state index contributed by atoms with van der Waals surface area (Å²) in [5, 5.41) is 2.81. The number of nitrogens with zero attached hydrogens (tertiary/aromatic N) is 1. The molecule has 0 aromatic heterocycles. The van der Waals surface area contributed by atoms with Crippen LogP contribution in [0, 0.1) is 17.5 Å². The van der Waals surface area contributed by atoms with Gasteiger partial charge in [0.1, 0.15) is 17.5 Å². The number of amides is 1. The molecule has 1 fully saturated rings. The van der Waals surface area contributed by atoms with Crippen LogP contribution in [0.5, 0.6) is 0 Å². The van der Waals surface area contributed by atoms with E-state index in [4.69, 9.17) is 16.3 Å². The second kappa shape index (κ2) is 8.94. The third-order valence-corrected chi connectivity index (χ3v) is 5.00. The van der Waals surface area contributed by atoms with Crippen LogP contribution in [-0.2, 0) is 4.74 Å². The van der Waals surface area contributed by atoms with Gasteiger partial charge in [-0.25, -0.2) is 13.2 Å². The number of carbonyl (C=O) groups is 1. The zero-order valence-electron chi connectivity index (χ0n) is 15.2. The lowest BCUT2D eigenvalue weighted by Crippen LogP contribution is -2.47. The third kappa shape index (κ3) is 4.66. The Morgan fingerprint density at radius 1 is 1.29 bits per heavy atom. The Hall–Kier alpha value is -2.09. The van der Waals surface area contributed by atoms with E-state index in [1.165, 1.54) is 12.1 Å². The summed E-state index contributed by atoms with van der Waals surface area (Å²) < 4.78 is 47.3. The third-order valence-electron chi connectivity index (χ3n) is 4.68. The number of hydrogen-bond donors (Lipinski definition) is 1. The molecule has 0 bridgehead atoms. The minimum atomic E-state index is -0.834. The molecule has 1 saturated heterocycles. The number of nitrogens with one attached hydrogen (secondary N) is 1. The fourth-order valence-electron chi connectivity index (χ4n) is 3.33. The van der Waals surface area contributed by atoms with Crippen LogP contribution in [0.25, 0.3) is 0 Å². The molecule has 2 aromatic rings. The summed E-state index contributed by atoms with van der Waals surface area (Å²) in [6.07, 6.45) is -0.0711. The van der Waals surface area contributed by atoms with Gasteiger partial charge in [0, 0.05) is 30.2 Å². The first-order valence-corrected chi connectivity index (χ1v) is 9.27. The summed E-state index contributed by atoms with van der Waals surface area (Å²) >= 11 is 6.24. The highest BCUT2D eigenvalue weighted by atomic mass is 35.5. The SMILES string of the molecule is C[C@@H]1CN([C@H](CNC(=O)c2cc(F)ccc2F)c2c(F)cccc2Cl)CCO1. The molecule has 0 radical (unpaired) electrons. The van der Waals surface area contributed by atoms with E-state index in [0.717, 1.165) is 18.2 Å². The predicted octanol–water partition coefficient (Wildman–Crippen LogP) is 3.95. The standard InChI is InChI=1S/C20H20ClF3N2O2/c1-12-11-26(7-8-28-12)18(19-15(21)3-2-4-17(19)24)10-25-20(27)14-9-13(22)5-6-16(14)23/h2-6,9,12,18H,7-8,10-11H2,1H3,(H,25,27)/t12-,18-/m1/s1. The quantitative estimate of drug-likeness (QED) is 0.808. The highest BCUT2D eigenvalue weighted by Gasteiger charge is 2.30. The van der Waals surface area contributed by atoms with E-state index in [1.807, 2.05) is 11.8 Å². The van der Waals surface area contributed by atoms with Gasteiger partial charge in [-0.1, -0.05) is 17.7 Å². The average Bonchev–Trinajstić information content (AvgIpc) is 2.65. The van der Waals surface area contributed by atoms with Crippen molar-refractivity contribution < 1.29 is 22.7 Å². The Kier molecular flexibility index (Phi) is 6.59. The van der Waals surface area contributed by atoms with Crippen LogP contribution in [0.2, 0.25) is 5.02 Å². The van der Waals surface area contributed by atoms with E-state index in [1.54, 1.807) is 6.07 Å². The zero-order chi connectivity index (χ0) is 20.3. The van der Waals surface area contributed by atoms with Crippen molar-refractivity contribution in [3.8, 4) is 0 Å². The van der Waals surface area contributed by atoms with Gasteiger partial charge >= 0.3 is 0 Å². The molecule has 1 N–H and O–H groups in total. The number of benzene rings is 2. The van der Waals surface area contributed by atoms with E-state index >= 15 is 0 Å². The monoisotopic (exact) mass is 412 g/mol. The number of halogens is 4.